The van der Waals surface area contributed by atoms with Gasteiger partial charge in [0.25, 0.3) is 5.91 Å². The maximum Gasteiger partial charge on any atom is 0.263 e. The molecule has 0 spiro atoms. The van der Waals surface area contributed by atoms with Crippen LogP contribution in [-0.4, -0.2) is 31.7 Å². The number of hydrogen-bond donors (Lipinski definition) is 2. The molecule has 0 radical (unpaired) electrons. The zero-order chi connectivity index (χ0) is 13.3. The number of rotatable bonds is 6. The van der Waals surface area contributed by atoms with Gasteiger partial charge in [-0.05, 0) is 27.2 Å². The van der Waals surface area contributed by atoms with Crippen LogP contribution in [0.5, 0.6) is 0 Å². The van der Waals surface area contributed by atoms with E-state index in [2.05, 4.69) is 10.6 Å². The van der Waals surface area contributed by atoms with Crippen molar-refractivity contribution in [2.75, 3.05) is 20.3 Å². The van der Waals surface area contributed by atoms with Crippen LogP contribution in [0.15, 0.2) is 11.8 Å². The number of hydrogen-bond acceptors (Lipinski definition) is 4. The molecule has 1 amide bonds. The van der Waals surface area contributed by atoms with Crippen LogP contribution in [0.2, 0.25) is 0 Å². The first-order valence-electron chi connectivity index (χ1n) is 5.56. The van der Waals surface area contributed by atoms with Crippen LogP contribution < -0.4 is 10.6 Å². The Hall–Kier alpha value is -1.54. The van der Waals surface area contributed by atoms with E-state index in [1.165, 1.54) is 6.20 Å². The fraction of sp³-hybridized carbons (Fsp3) is 0.667. The summed E-state index contributed by atoms with van der Waals surface area (Å²) in [4.78, 5) is 11.6. The molecule has 0 aliphatic rings. The third-order valence-corrected chi connectivity index (χ3v) is 1.83. The van der Waals surface area contributed by atoms with Crippen molar-refractivity contribution in [2.45, 2.75) is 32.7 Å². The molecule has 0 atom stereocenters. The maximum atomic E-state index is 11.6. The van der Waals surface area contributed by atoms with Gasteiger partial charge >= 0.3 is 0 Å². The zero-order valence-electron chi connectivity index (χ0n) is 11.0. The van der Waals surface area contributed by atoms with E-state index in [9.17, 15) is 4.79 Å². The minimum atomic E-state index is -0.361. The minimum absolute atomic E-state index is 0.0809. The normalized spacial score (nSPS) is 11.8. The molecule has 0 heterocycles. The van der Waals surface area contributed by atoms with Crippen molar-refractivity contribution in [3.63, 3.8) is 0 Å². The van der Waals surface area contributed by atoms with Crippen molar-refractivity contribution in [3.05, 3.63) is 11.8 Å². The average Bonchev–Trinajstić information content (AvgIpc) is 2.23. The van der Waals surface area contributed by atoms with Gasteiger partial charge in [0.2, 0.25) is 0 Å². The molecule has 0 saturated heterocycles. The summed E-state index contributed by atoms with van der Waals surface area (Å²) in [5.41, 5.74) is -0.0874. The van der Waals surface area contributed by atoms with Gasteiger partial charge in [0, 0.05) is 32.0 Å². The largest absolute Gasteiger partial charge is 0.385 e. The van der Waals surface area contributed by atoms with Crippen molar-refractivity contribution < 1.29 is 9.53 Å². The van der Waals surface area contributed by atoms with E-state index in [0.29, 0.717) is 13.2 Å². The van der Waals surface area contributed by atoms with Crippen molar-refractivity contribution in [3.8, 4) is 6.07 Å². The molecule has 5 heteroatoms. The Labute approximate surface area is 103 Å². The molecule has 5 nitrogen and oxygen atoms in total. The molecule has 0 fully saturated rings. The van der Waals surface area contributed by atoms with Gasteiger partial charge in [-0.2, -0.15) is 5.26 Å². The summed E-state index contributed by atoms with van der Waals surface area (Å²) in [5, 5.41) is 14.5. The number of methoxy groups -OCH3 is 1. The molecule has 96 valence electrons. The first-order valence-corrected chi connectivity index (χ1v) is 5.56. The van der Waals surface area contributed by atoms with Crippen LogP contribution in [0.25, 0.3) is 0 Å². The fourth-order valence-corrected chi connectivity index (χ4v) is 0.951. The lowest BCUT2D eigenvalue weighted by molar-refractivity contribution is -0.117. The molecule has 0 unspecified atom stereocenters. The van der Waals surface area contributed by atoms with Crippen LogP contribution in [-0.2, 0) is 9.53 Å². The van der Waals surface area contributed by atoms with Crippen LogP contribution in [0.3, 0.4) is 0 Å². The predicted molar refractivity (Wildman–Crippen MR) is 66.1 cm³/mol. The molecular formula is C12H21N3O2. The topological polar surface area (TPSA) is 74.1 Å². The summed E-state index contributed by atoms with van der Waals surface area (Å²) >= 11 is 0. The lowest BCUT2D eigenvalue weighted by Gasteiger charge is -2.18. The van der Waals surface area contributed by atoms with Crippen molar-refractivity contribution in [2.24, 2.45) is 0 Å². The van der Waals surface area contributed by atoms with E-state index in [0.717, 1.165) is 6.42 Å². The molecule has 2 N–H and O–H groups in total. The van der Waals surface area contributed by atoms with Gasteiger partial charge < -0.3 is 15.4 Å². The first kappa shape index (κ1) is 15.5. The van der Waals surface area contributed by atoms with Gasteiger partial charge in [0.15, 0.2) is 0 Å². The Balaban J connectivity index is 4.18. The standard InChI is InChI=1S/C12H21N3O2/c1-12(2,3)15-9-10(8-13)11(16)14-6-5-7-17-4/h9,15H,5-7H2,1-4H3,(H,14,16)/b10-9-. The third-order valence-electron chi connectivity index (χ3n) is 1.83. The van der Waals surface area contributed by atoms with E-state index < -0.39 is 0 Å². The lowest BCUT2D eigenvalue weighted by atomic mass is 10.1. The number of nitrogens with one attached hydrogen (secondary N) is 2. The molecule has 0 aromatic carbocycles. The summed E-state index contributed by atoms with van der Waals surface area (Å²) in [5.74, 6) is -0.361. The smallest absolute Gasteiger partial charge is 0.263 e. The molecule has 0 saturated carbocycles. The Morgan fingerprint density at radius 2 is 2.12 bits per heavy atom. The molecule has 0 rings (SSSR count). The van der Waals surface area contributed by atoms with E-state index in [-0.39, 0.29) is 17.0 Å². The second-order valence-electron chi connectivity index (χ2n) is 4.67. The number of nitriles is 1. The second kappa shape index (κ2) is 7.69. The van der Waals surface area contributed by atoms with Gasteiger partial charge in [-0.3, -0.25) is 4.79 Å². The van der Waals surface area contributed by atoms with Crippen LogP contribution in [0, 0.1) is 11.3 Å². The highest BCUT2D eigenvalue weighted by atomic mass is 16.5. The Kier molecular flexibility index (Phi) is 6.99. The minimum Gasteiger partial charge on any atom is -0.385 e. The average molecular weight is 239 g/mol. The predicted octanol–water partition coefficient (Wildman–Crippen LogP) is 0.935. The van der Waals surface area contributed by atoms with Gasteiger partial charge in [0.05, 0.1) is 0 Å². The van der Waals surface area contributed by atoms with Crippen LogP contribution >= 0.6 is 0 Å². The van der Waals surface area contributed by atoms with E-state index in [1.54, 1.807) is 7.11 Å². The molecular weight excluding hydrogens is 218 g/mol. The van der Waals surface area contributed by atoms with Gasteiger partial charge in [-0.25, -0.2) is 0 Å². The van der Waals surface area contributed by atoms with E-state index >= 15 is 0 Å². The monoisotopic (exact) mass is 239 g/mol. The highest BCUT2D eigenvalue weighted by Crippen LogP contribution is 2.00. The number of ether oxygens (including phenoxy) is 1. The Morgan fingerprint density at radius 3 is 2.59 bits per heavy atom. The second-order valence-corrected chi connectivity index (χ2v) is 4.67. The van der Waals surface area contributed by atoms with E-state index in [1.807, 2.05) is 26.8 Å². The maximum absolute atomic E-state index is 11.6. The summed E-state index contributed by atoms with van der Waals surface area (Å²) < 4.78 is 4.86. The molecule has 0 aliphatic heterocycles. The van der Waals surface area contributed by atoms with Gasteiger partial charge in [-0.15, -0.1) is 0 Å². The van der Waals surface area contributed by atoms with Crippen LogP contribution in [0.1, 0.15) is 27.2 Å². The highest BCUT2D eigenvalue weighted by Gasteiger charge is 2.11. The summed E-state index contributed by atoms with van der Waals surface area (Å²) in [6.45, 7) is 6.95. The SMILES string of the molecule is COCCCNC(=O)/C(C#N)=C\NC(C)(C)C. The Morgan fingerprint density at radius 1 is 1.47 bits per heavy atom. The summed E-state index contributed by atoms with van der Waals surface area (Å²) in [7, 11) is 1.61. The number of carbonyl (C=O) groups is 1. The molecule has 0 aliphatic carbocycles. The van der Waals surface area contributed by atoms with E-state index in [4.69, 9.17) is 10.00 Å². The van der Waals surface area contributed by atoms with Crippen molar-refractivity contribution in [1.29, 1.82) is 5.26 Å². The quantitative estimate of drug-likeness (QED) is 0.411. The first-order chi connectivity index (χ1) is 7.90. The van der Waals surface area contributed by atoms with Gasteiger partial charge in [0.1, 0.15) is 11.6 Å². The number of carbonyl (C=O) groups excluding carboxylic acids is 1. The highest BCUT2D eigenvalue weighted by molar-refractivity contribution is 5.97. The van der Waals surface area contributed by atoms with Crippen LogP contribution in [0.4, 0.5) is 0 Å². The van der Waals surface area contributed by atoms with Gasteiger partial charge in [-0.1, -0.05) is 0 Å². The fourth-order valence-electron chi connectivity index (χ4n) is 0.951. The molecule has 0 aromatic rings. The van der Waals surface area contributed by atoms with Crippen molar-refractivity contribution >= 4 is 5.91 Å². The zero-order valence-corrected chi connectivity index (χ0v) is 11.0. The number of nitrogens with zero attached hydrogens (tertiary/aromatic N) is 1. The third kappa shape index (κ3) is 8.29. The summed E-state index contributed by atoms with van der Waals surface area (Å²) in [6, 6.07) is 1.87. The molecule has 0 bridgehead atoms. The Bertz CT molecular complexity index is 311. The molecule has 0 aromatic heterocycles. The lowest BCUT2D eigenvalue weighted by Crippen LogP contribution is -2.33. The number of amides is 1. The summed E-state index contributed by atoms with van der Waals surface area (Å²) in [6.07, 6.45) is 2.18. The van der Waals surface area contributed by atoms with Crippen molar-refractivity contribution in [1.82, 2.24) is 10.6 Å². The molecule has 17 heavy (non-hydrogen) atoms.